The van der Waals surface area contributed by atoms with E-state index in [9.17, 15) is 19.7 Å². The minimum Gasteiger partial charge on any atom is -0.491 e. The van der Waals surface area contributed by atoms with Crippen LogP contribution in [0, 0.1) is 24.0 Å². The average molecular weight is 388 g/mol. The fourth-order valence-corrected chi connectivity index (χ4v) is 2.23. The van der Waals surface area contributed by atoms with Gasteiger partial charge in [0, 0.05) is 6.08 Å². The lowest BCUT2D eigenvalue weighted by Crippen LogP contribution is -2.32. The Labute approximate surface area is 161 Å². The van der Waals surface area contributed by atoms with Crippen molar-refractivity contribution in [2.45, 2.75) is 13.8 Å². The Hall–Kier alpha value is -3.62. The zero-order valence-corrected chi connectivity index (χ0v) is 15.5. The largest absolute Gasteiger partial charge is 0.491 e. The van der Waals surface area contributed by atoms with E-state index in [0.717, 1.165) is 23.0 Å². The van der Waals surface area contributed by atoms with E-state index in [-0.39, 0.29) is 18.9 Å². The Morgan fingerprint density at radius 2 is 2.04 bits per heavy atom. The molecule has 1 aromatic carbocycles. The highest BCUT2D eigenvalue weighted by Gasteiger charge is 2.10. The highest BCUT2D eigenvalue weighted by atomic mass is 16.6. The normalized spacial score (nSPS) is 10.6. The van der Waals surface area contributed by atoms with Crippen LogP contribution < -0.4 is 10.1 Å². The van der Waals surface area contributed by atoms with Crippen molar-refractivity contribution in [3.63, 3.8) is 0 Å². The number of carbonyl (C=O) groups is 2. The van der Waals surface area contributed by atoms with Crippen LogP contribution in [0.1, 0.15) is 16.9 Å². The van der Waals surface area contributed by atoms with Gasteiger partial charge in [0.1, 0.15) is 23.0 Å². The van der Waals surface area contributed by atoms with Crippen molar-refractivity contribution in [2.75, 3.05) is 19.8 Å². The van der Waals surface area contributed by atoms with Crippen LogP contribution in [0.3, 0.4) is 0 Å². The van der Waals surface area contributed by atoms with E-state index < -0.39 is 29.3 Å². The number of esters is 1. The van der Waals surface area contributed by atoms with Crippen molar-refractivity contribution in [3.05, 3.63) is 63.4 Å². The van der Waals surface area contributed by atoms with Gasteiger partial charge in [0.25, 0.3) is 5.91 Å². The molecule has 0 atom stereocenters. The molecule has 1 N–H and O–H groups in total. The van der Waals surface area contributed by atoms with Gasteiger partial charge < -0.3 is 19.2 Å². The molecule has 9 nitrogen and oxygen atoms in total. The molecule has 0 bridgehead atoms. The van der Waals surface area contributed by atoms with Crippen molar-refractivity contribution in [1.82, 2.24) is 5.32 Å². The summed E-state index contributed by atoms with van der Waals surface area (Å²) in [5.74, 6) is -0.818. The summed E-state index contributed by atoms with van der Waals surface area (Å²) in [6, 6.07) is 8.31. The minimum absolute atomic E-state index is 0.122. The molecule has 0 aliphatic carbocycles. The molecule has 0 fully saturated rings. The molecule has 0 saturated heterocycles. The third-order valence-corrected chi connectivity index (χ3v) is 3.53. The van der Waals surface area contributed by atoms with Crippen LogP contribution in [-0.4, -0.2) is 36.6 Å². The van der Waals surface area contributed by atoms with Gasteiger partial charge in [-0.05, 0) is 37.6 Å². The maximum Gasteiger partial charge on any atom is 0.433 e. The van der Waals surface area contributed by atoms with Crippen molar-refractivity contribution in [2.24, 2.45) is 0 Å². The lowest BCUT2D eigenvalue weighted by molar-refractivity contribution is -0.402. The summed E-state index contributed by atoms with van der Waals surface area (Å²) >= 11 is 0. The van der Waals surface area contributed by atoms with Crippen molar-refractivity contribution in [1.29, 1.82) is 0 Å². The standard InChI is InChI=1S/C19H20N2O7/c1-13-3-6-16(14(2)11-13)26-10-9-20-17(22)12-27-19(23)8-5-15-4-7-18(28-15)21(24)25/h3-8,11H,9-10,12H2,1-2H3,(H,20,22)/b8-5+. The summed E-state index contributed by atoms with van der Waals surface area (Å²) in [4.78, 5) is 33.0. The molecule has 0 aliphatic heterocycles. The second kappa shape index (κ2) is 9.91. The number of carbonyl (C=O) groups excluding carboxylic acids is 2. The summed E-state index contributed by atoms with van der Waals surface area (Å²) < 4.78 is 15.2. The van der Waals surface area contributed by atoms with Crippen LogP contribution >= 0.6 is 0 Å². The fraction of sp³-hybridized carbons (Fsp3) is 0.263. The van der Waals surface area contributed by atoms with Gasteiger partial charge in [-0.2, -0.15) is 0 Å². The molecule has 28 heavy (non-hydrogen) atoms. The summed E-state index contributed by atoms with van der Waals surface area (Å²) in [6.07, 6.45) is 2.23. The Kier molecular flexibility index (Phi) is 7.32. The topological polar surface area (TPSA) is 121 Å². The monoisotopic (exact) mass is 388 g/mol. The van der Waals surface area contributed by atoms with Gasteiger partial charge in [0.2, 0.25) is 0 Å². The zero-order chi connectivity index (χ0) is 20.5. The van der Waals surface area contributed by atoms with Gasteiger partial charge in [-0.1, -0.05) is 17.7 Å². The van der Waals surface area contributed by atoms with E-state index in [4.69, 9.17) is 13.9 Å². The number of rotatable bonds is 9. The summed E-state index contributed by atoms with van der Waals surface area (Å²) in [6.45, 7) is 4.02. The Morgan fingerprint density at radius 3 is 2.71 bits per heavy atom. The van der Waals surface area contributed by atoms with E-state index in [1.807, 2.05) is 32.0 Å². The molecule has 0 unspecified atom stereocenters. The van der Waals surface area contributed by atoms with E-state index in [1.54, 1.807) is 0 Å². The first-order chi connectivity index (χ1) is 13.3. The predicted octanol–water partition coefficient (Wildman–Crippen LogP) is 2.56. The second-order valence-corrected chi connectivity index (χ2v) is 5.84. The lowest BCUT2D eigenvalue weighted by atomic mass is 10.1. The highest BCUT2D eigenvalue weighted by molar-refractivity contribution is 5.88. The molecule has 0 radical (unpaired) electrons. The molecule has 0 saturated carbocycles. The van der Waals surface area contributed by atoms with E-state index in [2.05, 4.69) is 5.32 Å². The summed E-state index contributed by atoms with van der Waals surface area (Å²) in [5.41, 5.74) is 2.15. The molecular formula is C19H20N2O7. The second-order valence-electron chi connectivity index (χ2n) is 5.84. The number of hydrogen-bond acceptors (Lipinski definition) is 7. The van der Waals surface area contributed by atoms with Gasteiger partial charge >= 0.3 is 11.9 Å². The average Bonchev–Trinajstić information content (AvgIpc) is 3.12. The molecule has 0 spiro atoms. The predicted molar refractivity (Wildman–Crippen MR) is 99.8 cm³/mol. The summed E-state index contributed by atoms with van der Waals surface area (Å²) in [7, 11) is 0. The minimum atomic E-state index is -0.777. The smallest absolute Gasteiger partial charge is 0.433 e. The van der Waals surface area contributed by atoms with Crippen molar-refractivity contribution >= 4 is 23.8 Å². The number of amides is 1. The van der Waals surface area contributed by atoms with Crippen LogP contribution in [0.5, 0.6) is 5.75 Å². The molecule has 2 aromatic rings. The van der Waals surface area contributed by atoms with E-state index >= 15 is 0 Å². The number of ether oxygens (including phenoxy) is 2. The van der Waals surface area contributed by atoms with Gasteiger partial charge in [-0.15, -0.1) is 0 Å². The molecule has 148 valence electrons. The third kappa shape index (κ3) is 6.60. The van der Waals surface area contributed by atoms with E-state index in [0.29, 0.717) is 0 Å². The SMILES string of the molecule is Cc1ccc(OCCNC(=O)COC(=O)/C=C/c2ccc([N+](=O)[O-])o2)c(C)c1. The first-order valence-electron chi connectivity index (χ1n) is 8.41. The molecule has 1 amide bonds. The maximum absolute atomic E-state index is 11.7. The number of nitrogens with one attached hydrogen (secondary N) is 1. The molecule has 9 heteroatoms. The van der Waals surface area contributed by atoms with Crippen molar-refractivity contribution < 1.29 is 28.4 Å². The Balaban J connectivity index is 1.65. The Morgan fingerprint density at radius 1 is 1.25 bits per heavy atom. The quantitative estimate of drug-likeness (QED) is 0.230. The fourth-order valence-electron chi connectivity index (χ4n) is 2.23. The zero-order valence-electron chi connectivity index (χ0n) is 15.5. The van der Waals surface area contributed by atoms with Gasteiger partial charge in [-0.3, -0.25) is 14.9 Å². The third-order valence-electron chi connectivity index (χ3n) is 3.53. The van der Waals surface area contributed by atoms with Crippen LogP contribution in [0.15, 0.2) is 40.8 Å². The summed E-state index contributed by atoms with van der Waals surface area (Å²) in [5, 5.41) is 13.1. The van der Waals surface area contributed by atoms with Gasteiger partial charge in [0.05, 0.1) is 12.6 Å². The van der Waals surface area contributed by atoms with Crippen molar-refractivity contribution in [3.8, 4) is 5.75 Å². The van der Waals surface area contributed by atoms with Gasteiger partial charge in [-0.25, -0.2) is 4.79 Å². The lowest BCUT2D eigenvalue weighted by Gasteiger charge is -2.10. The van der Waals surface area contributed by atoms with Crippen LogP contribution in [-0.2, 0) is 14.3 Å². The first-order valence-corrected chi connectivity index (χ1v) is 8.41. The molecule has 1 heterocycles. The number of benzene rings is 1. The molecular weight excluding hydrogens is 368 g/mol. The number of furan rings is 1. The van der Waals surface area contributed by atoms with E-state index in [1.165, 1.54) is 18.2 Å². The first kappa shape index (κ1) is 20.7. The Bertz CT molecular complexity index is 886. The maximum atomic E-state index is 11.7. The van der Waals surface area contributed by atoms with Crippen LogP contribution in [0.2, 0.25) is 0 Å². The molecule has 1 aromatic heterocycles. The number of nitro groups is 1. The molecule has 0 aliphatic rings. The number of nitrogens with zero attached hydrogens (tertiary/aromatic N) is 1. The highest BCUT2D eigenvalue weighted by Crippen LogP contribution is 2.18. The van der Waals surface area contributed by atoms with Crippen LogP contribution in [0.4, 0.5) is 5.88 Å². The molecule has 2 rings (SSSR count). The number of aryl methyl sites for hydroxylation is 2. The van der Waals surface area contributed by atoms with Crippen LogP contribution in [0.25, 0.3) is 6.08 Å². The van der Waals surface area contributed by atoms with Gasteiger partial charge in [0.15, 0.2) is 6.61 Å². The number of hydrogen-bond donors (Lipinski definition) is 1.